The van der Waals surface area contributed by atoms with Crippen LogP contribution in [0.1, 0.15) is 27.0 Å². The number of carbonyl (C=O) groups is 1. The third kappa shape index (κ3) is 3.33. The Morgan fingerprint density at radius 1 is 0.692 bits per heavy atom. The van der Waals surface area contributed by atoms with Crippen molar-refractivity contribution in [3.63, 3.8) is 0 Å². The molecule has 0 N–H and O–H groups in total. The van der Waals surface area contributed by atoms with Crippen LogP contribution in [0.2, 0.25) is 0 Å². The normalized spacial score (nSPS) is 10.5. The van der Waals surface area contributed by atoms with Crippen LogP contribution in [0.4, 0.5) is 0 Å². The molecule has 0 fully saturated rings. The number of hydrogen-bond donors (Lipinski definition) is 0. The molecular weight excluding hydrogens is 324 g/mol. The Morgan fingerprint density at radius 3 is 1.92 bits per heavy atom. The molecule has 0 saturated carbocycles. The molecule has 0 aliphatic heterocycles. The minimum absolute atomic E-state index is 0.0102. The van der Waals surface area contributed by atoms with Crippen molar-refractivity contribution in [2.24, 2.45) is 0 Å². The molecule has 0 aliphatic rings. The lowest BCUT2D eigenvalue weighted by atomic mass is 9.90. The number of methoxy groups -OCH3 is 2. The highest BCUT2D eigenvalue weighted by Crippen LogP contribution is 2.31. The Bertz CT molecular complexity index is 957. The Kier molecular flexibility index (Phi) is 5.08. The van der Waals surface area contributed by atoms with E-state index in [9.17, 15) is 4.79 Å². The zero-order chi connectivity index (χ0) is 18.7. The van der Waals surface area contributed by atoms with Crippen LogP contribution in [0.3, 0.4) is 0 Å². The lowest BCUT2D eigenvalue weighted by Crippen LogP contribution is -2.06. The maximum atomic E-state index is 13.2. The van der Waals surface area contributed by atoms with Crippen molar-refractivity contribution in [3.8, 4) is 22.6 Å². The Labute approximate surface area is 154 Å². The monoisotopic (exact) mass is 346 g/mol. The number of hydrogen-bond acceptors (Lipinski definition) is 3. The highest BCUT2D eigenvalue weighted by Gasteiger charge is 2.17. The third-order valence-corrected chi connectivity index (χ3v) is 4.57. The third-order valence-electron chi connectivity index (χ3n) is 4.57. The minimum Gasteiger partial charge on any atom is -0.497 e. The number of carbonyl (C=O) groups excluding carboxylic acids is 1. The number of benzene rings is 3. The molecule has 3 rings (SSSR count). The summed E-state index contributed by atoms with van der Waals surface area (Å²) in [5.74, 6) is 1.57. The van der Waals surface area contributed by atoms with Gasteiger partial charge in [-0.1, -0.05) is 30.3 Å². The van der Waals surface area contributed by atoms with Gasteiger partial charge in [-0.05, 0) is 66.4 Å². The largest absolute Gasteiger partial charge is 0.497 e. The molecule has 0 aromatic heterocycles. The van der Waals surface area contributed by atoms with Crippen molar-refractivity contribution in [1.29, 1.82) is 0 Å². The fourth-order valence-electron chi connectivity index (χ4n) is 3.14. The summed E-state index contributed by atoms with van der Waals surface area (Å²) in [5, 5.41) is 0. The highest BCUT2D eigenvalue weighted by atomic mass is 16.5. The molecule has 3 aromatic rings. The molecule has 0 atom stereocenters. The van der Waals surface area contributed by atoms with E-state index in [0.717, 1.165) is 33.8 Å². The molecule has 0 aliphatic carbocycles. The van der Waals surface area contributed by atoms with Gasteiger partial charge < -0.3 is 9.47 Å². The standard InChI is InChI=1S/C23H22O3/c1-15-13-17(25-3)9-11-19(15)21-7-5-6-8-22(21)23(24)20-12-10-18(26-4)14-16(20)2/h5-14H,1-4H3. The van der Waals surface area contributed by atoms with Crippen LogP contribution in [0.5, 0.6) is 11.5 Å². The second-order valence-corrected chi connectivity index (χ2v) is 6.24. The summed E-state index contributed by atoms with van der Waals surface area (Å²) in [6, 6.07) is 19.2. The lowest BCUT2D eigenvalue weighted by Gasteiger charge is -2.14. The number of ether oxygens (including phenoxy) is 2. The predicted octanol–water partition coefficient (Wildman–Crippen LogP) is 5.22. The average Bonchev–Trinajstić information content (AvgIpc) is 2.67. The zero-order valence-corrected chi connectivity index (χ0v) is 15.5. The van der Waals surface area contributed by atoms with Crippen LogP contribution in [0.25, 0.3) is 11.1 Å². The Morgan fingerprint density at radius 2 is 1.31 bits per heavy atom. The van der Waals surface area contributed by atoms with E-state index in [-0.39, 0.29) is 5.78 Å². The first-order chi connectivity index (χ1) is 12.5. The van der Waals surface area contributed by atoms with E-state index < -0.39 is 0 Å². The van der Waals surface area contributed by atoms with Crippen LogP contribution in [0, 0.1) is 13.8 Å². The molecule has 0 bridgehead atoms. The van der Waals surface area contributed by atoms with Gasteiger partial charge in [0.2, 0.25) is 0 Å². The summed E-state index contributed by atoms with van der Waals surface area (Å²) in [6.07, 6.45) is 0. The molecule has 0 amide bonds. The summed E-state index contributed by atoms with van der Waals surface area (Å²) < 4.78 is 10.5. The summed E-state index contributed by atoms with van der Waals surface area (Å²) in [6.45, 7) is 3.95. The van der Waals surface area contributed by atoms with Gasteiger partial charge in [-0.15, -0.1) is 0 Å². The van der Waals surface area contributed by atoms with Gasteiger partial charge in [0, 0.05) is 11.1 Å². The molecule has 3 aromatic carbocycles. The van der Waals surface area contributed by atoms with E-state index in [1.165, 1.54) is 0 Å². The van der Waals surface area contributed by atoms with Gasteiger partial charge in [-0.2, -0.15) is 0 Å². The first-order valence-electron chi connectivity index (χ1n) is 8.48. The van der Waals surface area contributed by atoms with Crippen molar-refractivity contribution in [3.05, 3.63) is 82.9 Å². The molecule has 0 unspecified atom stereocenters. The summed E-state index contributed by atoms with van der Waals surface area (Å²) >= 11 is 0. The maximum Gasteiger partial charge on any atom is 0.193 e. The fourth-order valence-corrected chi connectivity index (χ4v) is 3.14. The molecule has 3 heteroatoms. The molecular formula is C23H22O3. The van der Waals surface area contributed by atoms with Gasteiger partial charge in [-0.25, -0.2) is 0 Å². The van der Waals surface area contributed by atoms with Crippen LogP contribution in [-0.4, -0.2) is 20.0 Å². The van der Waals surface area contributed by atoms with Gasteiger partial charge in [-0.3, -0.25) is 4.79 Å². The lowest BCUT2D eigenvalue weighted by molar-refractivity contribution is 0.103. The first-order valence-corrected chi connectivity index (χ1v) is 8.48. The first kappa shape index (κ1) is 17.7. The van der Waals surface area contributed by atoms with E-state index in [4.69, 9.17) is 9.47 Å². The summed E-state index contributed by atoms with van der Waals surface area (Å²) in [4.78, 5) is 13.2. The zero-order valence-electron chi connectivity index (χ0n) is 15.5. The van der Waals surface area contributed by atoms with Crippen molar-refractivity contribution >= 4 is 5.78 Å². The average molecular weight is 346 g/mol. The van der Waals surface area contributed by atoms with Gasteiger partial charge >= 0.3 is 0 Å². The van der Waals surface area contributed by atoms with Crippen LogP contribution >= 0.6 is 0 Å². The summed E-state index contributed by atoms with van der Waals surface area (Å²) in [5.41, 5.74) is 5.29. The Hall–Kier alpha value is -3.07. The second kappa shape index (κ2) is 7.44. The molecule has 0 heterocycles. The van der Waals surface area contributed by atoms with E-state index >= 15 is 0 Å². The fraction of sp³-hybridized carbons (Fsp3) is 0.174. The van der Waals surface area contributed by atoms with Gasteiger partial charge in [0.1, 0.15) is 11.5 Å². The highest BCUT2D eigenvalue weighted by molar-refractivity contribution is 6.13. The van der Waals surface area contributed by atoms with Crippen molar-refractivity contribution in [2.45, 2.75) is 13.8 Å². The molecule has 0 radical (unpaired) electrons. The topological polar surface area (TPSA) is 35.5 Å². The maximum absolute atomic E-state index is 13.2. The van der Waals surface area contributed by atoms with E-state index in [1.54, 1.807) is 14.2 Å². The van der Waals surface area contributed by atoms with Gasteiger partial charge in [0.15, 0.2) is 5.78 Å². The number of aryl methyl sites for hydroxylation is 2. The van der Waals surface area contributed by atoms with E-state index in [1.807, 2.05) is 74.5 Å². The second-order valence-electron chi connectivity index (χ2n) is 6.24. The van der Waals surface area contributed by atoms with Crippen LogP contribution in [-0.2, 0) is 0 Å². The van der Waals surface area contributed by atoms with Crippen LogP contribution < -0.4 is 9.47 Å². The molecule has 0 spiro atoms. The van der Waals surface area contributed by atoms with E-state index in [0.29, 0.717) is 11.1 Å². The predicted molar refractivity (Wildman–Crippen MR) is 104 cm³/mol. The van der Waals surface area contributed by atoms with Crippen molar-refractivity contribution < 1.29 is 14.3 Å². The van der Waals surface area contributed by atoms with Gasteiger partial charge in [0.25, 0.3) is 0 Å². The minimum atomic E-state index is 0.0102. The number of ketones is 1. The van der Waals surface area contributed by atoms with Crippen molar-refractivity contribution in [1.82, 2.24) is 0 Å². The smallest absolute Gasteiger partial charge is 0.193 e. The molecule has 0 saturated heterocycles. The summed E-state index contributed by atoms with van der Waals surface area (Å²) in [7, 11) is 3.27. The SMILES string of the molecule is COc1ccc(C(=O)c2ccccc2-c2ccc(OC)cc2C)c(C)c1. The number of rotatable bonds is 5. The van der Waals surface area contributed by atoms with Gasteiger partial charge in [0.05, 0.1) is 14.2 Å². The Balaban J connectivity index is 2.09. The molecule has 26 heavy (non-hydrogen) atoms. The van der Waals surface area contributed by atoms with Crippen LogP contribution in [0.15, 0.2) is 60.7 Å². The van der Waals surface area contributed by atoms with E-state index in [2.05, 4.69) is 0 Å². The molecule has 132 valence electrons. The van der Waals surface area contributed by atoms with Crippen molar-refractivity contribution in [2.75, 3.05) is 14.2 Å². The molecule has 3 nitrogen and oxygen atoms in total. The quantitative estimate of drug-likeness (QED) is 0.594.